The van der Waals surface area contributed by atoms with Gasteiger partial charge in [0, 0.05) is 5.56 Å². The van der Waals surface area contributed by atoms with Crippen molar-refractivity contribution in [1.29, 1.82) is 0 Å². The van der Waals surface area contributed by atoms with Gasteiger partial charge in [0.2, 0.25) is 11.0 Å². The van der Waals surface area contributed by atoms with Gasteiger partial charge in [-0.05, 0) is 43.3 Å². The van der Waals surface area contributed by atoms with E-state index in [-0.39, 0.29) is 0 Å². The molecule has 2 N–H and O–H groups in total. The van der Waals surface area contributed by atoms with Crippen molar-refractivity contribution < 1.29 is 19.1 Å². The van der Waals surface area contributed by atoms with Crippen LogP contribution in [0.4, 0.5) is 5.13 Å². The molecule has 2 amide bonds. The molecule has 0 saturated carbocycles. The number of methoxy groups -OCH3 is 2. The van der Waals surface area contributed by atoms with E-state index in [2.05, 4.69) is 20.8 Å². The average Bonchev–Trinajstić information content (AvgIpc) is 3.22. The number of para-hydroxylation sites is 1. The van der Waals surface area contributed by atoms with Gasteiger partial charge in [0.25, 0.3) is 5.91 Å². The van der Waals surface area contributed by atoms with Crippen LogP contribution in [0.25, 0.3) is 10.6 Å². The van der Waals surface area contributed by atoms with Gasteiger partial charge in [0.1, 0.15) is 22.5 Å². The number of hydrogen-bond donors (Lipinski definition) is 2. The Hall–Kier alpha value is -3.46. The van der Waals surface area contributed by atoms with E-state index in [0.717, 1.165) is 11.3 Å². The molecule has 0 bridgehead atoms. The lowest BCUT2D eigenvalue weighted by atomic mass is 10.1. The molecule has 0 saturated heterocycles. The highest BCUT2D eigenvalue weighted by Crippen LogP contribution is 2.27. The Balaban J connectivity index is 1.62. The third kappa shape index (κ3) is 4.88. The van der Waals surface area contributed by atoms with Crippen LogP contribution in [0.2, 0.25) is 0 Å². The molecular weight excluding hydrogens is 392 g/mol. The van der Waals surface area contributed by atoms with Gasteiger partial charge in [-0.25, -0.2) is 0 Å². The fourth-order valence-corrected chi connectivity index (χ4v) is 3.26. The molecule has 1 heterocycles. The van der Waals surface area contributed by atoms with Crippen molar-refractivity contribution in [3.8, 4) is 22.1 Å². The number of nitrogens with one attached hydrogen (secondary N) is 2. The molecule has 9 heteroatoms. The number of aromatic nitrogens is 2. The van der Waals surface area contributed by atoms with Crippen LogP contribution in [-0.4, -0.2) is 42.3 Å². The lowest BCUT2D eigenvalue weighted by Crippen LogP contribution is -2.41. The van der Waals surface area contributed by atoms with Crippen molar-refractivity contribution in [1.82, 2.24) is 15.5 Å². The third-order valence-corrected chi connectivity index (χ3v) is 4.97. The Labute approximate surface area is 171 Å². The maximum Gasteiger partial charge on any atom is 0.255 e. The predicted octanol–water partition coefficient (Wildman–Crippen LogP) is 2.98. The van der Waals surface area contributed by atoms with Crippen LogP contribution in [0.1, 0.15) is 17.3 Å². The van der Waals surface area contributed by atoms with Crippen molar-refractivity contribution >= 4 is 28.3 Å². The molecule has 0 spiro atoms. The second-order valence-electron chi connectivity index (χ2n) is 6.03. The van der Waals surface area contributed by atoms with Gasteiger partial charge in [-0.15, -0.1) is 10.2 Å². The molecular formula is C20H20N4O4S. The summed E-state index contributed by atoms with van der Waals surface area (Å²) in [4.78, 5) is 24.9. The molecule has 150 valence electrons. The van der Waals surface area contributed by atoms with E-state index < -0.39 is 17.9 Å². The van der Waals surface area contributed by atoms with Crippen LogP contribution in [0.3, 0.4) is 0 Å². The summed E-state index contributed by atoms with van der Waals surface area (Å²) >= 11 is 1.24. The zero-order valence-electron chi connectivity index (χ0n) is 16.1. The van der Waals surface area contributed by atoms with E-state index in [9.17, 15) is 9.59 Å². The van der Waals surface area contributed by atoms with E-state index in [0.29, 0.717) is 21.5 Å². The zero-order chi connectivity index (χ0) is 20.8. The first kappa shape index (κ1) is 20.3. The molecule has 3 aromatic rings. The highest BCUT2D eigenvalue weighted by molar-refractivity contribution is 7.18. The van der Waals surface area contributed by atoms with E-state index >= 15 is 0 Å². The van der Waals surface area contributed by atoms with Crippen LogP contribution in [-0.2, 0) is 4.79 Å². The van der Waals surface area contributed by atoms with Crippen LogP contribution in [0.15, 0.2) is 48.5 Å². The lowest BCUT2D eigenvalue weighted by Gasteiger charge is -2.14. The number of amides is 2. The molecule has 0 aliphatic carbocycles. The minimum Gasteiger partial charge on any atom is -0.497 e. The largest absolute Gasteiger partial charge is 0.497 e. The first-order chi connectivity index (χ1) is 14.0. The molecule has 8 nitrogen and oxygen atoms in total. The number of ether oxygens (including phenoxy) is 2. The quantitative estimate of drug-likeness (QED) is 0.619. The van der Waals surface area contributed by atoms with Gasteiger partial charge in [-0.3, -0.25) is 14.9 Å². The van der Waals surface area contributed by atoms with Gasteiger partial charge in [0.15, 0.2) is 0 Å². The number of benzene rings is 2. The maximum atomic E-state index is 12.4. The maximum absolute atomic E-state index is 12.4. The number of carbonyl (C=O) groups is 2. The van der Waals surface area contributed by atoms with Crippen molar-refractivity contribution in [2.24, 2.45) is 0 Å². The van der Waals surface area contributed by atoms with Crippen LogP contribution in [0.5, 0.6) is 11.5 Å². The molecule has 0 radical (unpaired) electrons. The first-order valence-corrected chi connectivity index (χ1v) is 9.56. The van der Waals surface area contributed by atoms with Gasteiger partial charge >= 0.3 is 0 Å². The van der Waals surface area contributed by atoms with Crippen molar-refractivity contribution in [3.05, 3.63) is 54.1 Å². The van der Waals surface area contributed by atoms with Gasteiger partial charge in [0.05, 0.1) is 19.8 Å². The molecule has 0 unspecified atom stereocenters. The molecule has 0 aliphatic heterocycles. The highest BCUT2D eigenvalue weighted by atomic mass is 32.1. The van der Waals surface area contributed by atoms with Crippen LogP contribution in [0, 0.1) is 0 Å². The Morgan fingerprint density at radius 2 is 1.72 bits per heavy atom. The summed E-state index contributed by atoms with van der Waals surface area (Å²) in [5.41, 5.74) is 1.22. The monoisotopic (exact) mass is 412 g/mol. The predicted molar refractivity (Wildman–Crippen MR) is 110 cm³/mol. The molecule has 0 aliphatic rings. The standard InChI is InChI=1S/C20H20N4O4S/c1-12(21-18(26)15-6-4-5-7-16(15)28-3)17(25)22-20-24-23-19(29-20)13-8-10-14(27-2)11-9-13/h4-12H,1-3H3,(H,21,26)(H,22,24,25)/t12-/m0/s1. The number of carbonyl (C=O) groups excluding carboxylic acids is 2. The fourth-order valence-electron chi connectivity index (χ4n) is 2.51. The molecule has 0 fully saturated rings. The number of anilines is 1. The van der Waals surface area contributed by atoms with E-state index in [1.54, 1.807) is 38.3 Å². The summed E-state index contributed by atoms with van der Waals surface area (Å²) < 4.78 is 10.3. The van der Waals surface area contributed by atoms with Gasteiger partial charge < -0.3 is 14.8 Å². The zero-order valence-corrected chi connectivity index (χ0v) is 16.9. The minimum absolute atomic E-state index is 0.346. The second kappa shape index (κ2) is 9.16. The Bertz CT molecular complexity index is 1000. The molecule has 2 aromatic carbocycles. The summed E-state index contributed by atoms with van der Waals surface area (Å²) in [6.45, 7) is 1.59. The minimum atomic E-state index is -0.777. The van der Waals surface area contributed by atoms with E-state index in [1.807, 2.05) is 24.3 Å². The summed E-state index contributed by atoms with van der Waals surface area (Å²) in [6.07, 6.45) is 0. The van der Waals surface area contributed by atoms with Crippen molar-refractivity contribution in [2.45, 2.75) is 13.0 Å². The summed E-state index contributed by atoms with van der Waals surface area (Å²) in [6, 6.07) is 13.4. The highest BCUT2D eigenvalue weighted by Gasteiger charge is 2.20. The van der Waals surface area contributed by atoms with Crippen molar-refractivity contribution in [3.63, 3.8) is 0 Å². The molecule has 1 aromatic heterocycles. The number of rotatable bonds is 7. The summed E-state index contributed by atoms with van der Waals surface area (Å²) in [5, 5.41) is 14.4. The first-order valence-electron chi connectivity index (χ1n) is 8.74. The van der Waals surface area contributed by atoms with E-state index in [4.69, 9.17) is 9.47 Å². The smallest absolute Gasteiger partial charge is 0.255 e. The number of hydrogen-bond acceptors (Lipinski definition) is 7. The van der Waals surface area contributed by atoms with Crippen molar-refractivity contribution in [2.75, 3.05) is 19.5 Å². The molecule has 3 rings (SSSR count). The van der Waals surface area contributed by atoms with Crippen LogP contribution < -0.4 is 20.1 Å². The van der Waals surface area contributed by atoms with Gasteiger partial charge in [-0.1, -0.05) is 23.5 Å². The summed E-state index contributed by atoms with van der Waals surface area (Å²) in [7, 11) is 3.08. The molecule has 29 heavy (non-hydrogen) atoms. The third-order valence-electron chi connectivity index (χ3n) is 4.08. The topological polar surface area (TPSA) is 102 Å². The van der Waals surface area contributed by atoms with Crippen LogP contribution >= 0.6 is 11.3 Å². The van der Waals surface area contributed by atoms with Gasteiger partial charge in [-0.2, -0.15) is 0 Å². The average molecular weight is 412 g/mol. The fraction of sp³-hybridized carbons (Fsp3) is 0.200. The number of nitrogens with zero attached hydrogens (tertiary/aromatic N) is 2. The van der Waals surface area contributed by atoms with E-state index in [1.165, 1.54) is 18.4 Å². The SMILES string of the molecule is COc1ccc(-c2nnc(NC(=O)[C@H](C)NC(=O)c3ccccc3OC)s2)cc1. The Kier molecular flexibility index (Phi) is 6.40. The normalized spacial score (nSPS) is 11.4. The second-order valence-corrected chi connectivity index (χ2v) is 7.00. The Morgan fingerprint density at radius 3 is 2.41 bits per heavy atom. The lowest BCUT2D eigenvalue weighted by molar-refractivity contribution is -0.117. The Morgan fingerprint density at radius 1 is 1.00 bits per heavy atom. The summed E-state index contributed by atoms with van der Waals surface area (Å²) in [5.74, 6) is 0.379. The molecule has 1 atom stereocenters.